The minimum absolute atomic E-state index is 0. The summed E-state index contributed by atoms with van der Waals surface area (Å²) in [5.41, 5.74) is 2.21. The molecule has 1 heterocycles. The number of nitrogens with zero attached hydrogens (tertiary/aromatic N) is 2. The summed E-state index contributed by atoms with van der Waals surface area (Å²) < 4.78 is 19.3. The summed E-state index contributed by atoms with van der Waals surface area (Å²) in [5.74, 6) is 0.705. The molecule has 5 nitrogen and oxygen atoms in total. The molecule has 7 heteroatoms. The first-order valence-corrected chi connectivity index (χ1v) is 10.8. The number of benzene rings is 2. The molecule has 1 aliphatic heterocycles. The van der Waals surface area contributed by atoms with Crippen molar-refractivity contribution >= 4 is 29.9 Å². The number of likely N-dealkylation sites (tertiary alicyclic amines) is 1. The highest BCUT2D eigenvalue weighted by Crippen LogP contribution is 2.20. The van der Waals surface area contributed by atoms with Gasteiger partial charge in [0, 0.05) is 38.8 Å². The van der Waals surface area contributed by atoms with Gasteiger partial charge in [0.25, 0.3) is 0 Å². The van der Waals surface area contributed by atoms with Crippen LogP contribution in [-0.4, -0.2) is 43.1 Å². The van der Waals surface area contributed by atoms with Gasteiger partial charge in [-0.1, -0.05) is 36.4 Å². The van der Waals surface area contributed by atoms with Crippen molar-refractivity contribution in [3.8, 4) is 5.75 Å². The van der Waals surface area contributed by atoms with Gasteiger partial charge in [-0.25, -0.2) is 4.39 Å². The van der Waals surface area contributed by atoms with Gasteiger partial charge in [0.05, 0.1) is 6.61 Å². The van der Waals surface area contributed by atoms with E-state index >= 15 is 0 Å². The predicted molar refractivity (Wildman–Crippen MR) is 136 cm³/mol. The zero-order chi connectivity index (χ0) is 21.3. The van der Waals surface area contributed by atoms with Gasteiger partial charge in [0.15, 0.2) is 17.5 Å². The lowest BCUT2D eigenvalue weighted by atomic mass is 9.97. The largest absolute Gasteiger partial charge is 0.491 e. The third-order valence-electron chi connectivity index (χ3n) is 5.56. The Labute approximate surface area is 202 Å². The predicted octanol–water partition coefficient (Wildman–Crippen LogP) is 4.56. The summed E-state index contributed by atoms with van der Waals surface area (Å²) in [4.78, 5) is 6.87. The number of piperidine rings is 1. The summed E-state index contributed by atoms with van der Waals surface area (Å²) in [6.07, 6.45) is 2.13. The van der Waals surface area contributed by atoms with E-state index in [-0.39, 0.29) is 29.8 Å². The van der Waals surface area contributed by atoms with E-state index in [2.05, 4.69) is 57.8 Å². The van der Waals surface area contributed by atoms with Crippen LogP contribution in [0, 0.1) is 5.82 Å². The van der Waals surface area contributed by atoms with Gasteiger partial charge in [0.2, 0.25) is 0 Å². The number of halogens is 2. The van der Waals surface area contributed by atoms with Crippen molar-refractivity contribution in [1.82, 2.24) is 15.5 Å². The molecule has 1 aliphatic rings. The van der Waals surface area contributed by atoms with Crippen molar-refractivity contribution in [1.29, 1.82) is 0 Å². The van der Waals surface area contributed by atoms with E-state index in [1.54, 1.807) is 13.1 Å². The zero-order valence-electron chi connectivity index (χ0n) is 18.6. The standard InChI is InChI=1S/C24H33FN4O.HI/c1-4-30-23-11-10-20(15-22(23)25)16-27-24(26-3)28-21-12-13-29(18(2)14-21)17-19-8-6-5-7-9-19;/h5-11,15,18,21H,4,12-14,16-17H2,1-3H3,(H2,26,27,28);1H. The van der Waals surface area contributed by atoms with Crippen LogP contribution in [0.25, 0.3) is 0 Å². The Morgan fingerprint density at radius 1 is 1.19 bits per heavy atom. The minimum Gasteiger partial charge on any atom is -0.491 e. The van der Waals surface area contributed by atoms with Gasteiger partial charge < -0.3 is 15.4 Å². The summed E-state index contributed by atoms with van der Waals surface area (Å²) in [5, 5.41) is 6.83. The molecule has 2 atom stereocenters. The molecule has 0 aromatic heterocycles. The smallest absolute Gasteiger partial charge is 0.191 e. The van der Waals surface area contributed by atoms with Crippen LogP contribution in [0.2, 0.25) is 0 Å². The van der Waals surface area contributed by atoms with E-state index in [1.807, 2.05) is 13.0 Å². The second kappa shape index (κ2) is 12.9. The third kappa shape index (κ3) is 7.64. The molecule has 0 bridgehead atoms. The van der Waals surface area contributed by atoms with E-state index in [9.17, 15) is 4.39 Å². The van der Waals surface area contributed by atoms with Crippen molar-refractivity contribution in [3.63, 3.8) is 0 Å². The first kappa shape index (κ1) is 25.4. The average molecular weight is 540 g/mol. The number of ether oxygens (including phenoxy) is 1. The Bertz CT molecular complexity index is 834. The van der Waals surface area contributed by atoms with Crippen LogP contribution in [0.1, 0.15) is 37.8 Å². The maximum Gasteiger partial charge on any atom is 0.191 e. The van der Waals surface area contributed by atoms with Gasteiger partial charge in [-0.15, -0.1) is 24.0 Å². The van der Waals surface area contributed by atoms with Gasteiger partial charge in [-0.05, 0) is 49.9 Å². The molecule has 0 aliphatic carbocycles. The summed E-state index contributed by atoms with van der Waals surface area (Å²) in [6, 6.07) is 16.6. The second-order valence-corrected chi connectivity index (χ2v) is 7.79. The highest BCUT2D eigenvalue weighted by Gasteiger charge is 2.25. The Morgan fingerprint density at radius 2 is 1.97 bits per heavy atom. The normalized spacial score (nSPS) is 19.4. The molecule has 0 saturated carbocycles. The second-order valence-electron chi connectivity index (χ2n) is 7.79. The van der Waals surface area contributed by atoms with E-state index in [1.165, 1.54) is 11.6 Å². The highest BCUT2D eigenvalue weighted by molar-refractivity contribution is 14.0. The van der Waals surface area contributed by atoms with Crippen LogP contribution in [0.5, 0.6) is 5.75 Å². The Balaban J connectivity index is 0.00000341. The molecule has 2 unspecified atom stereocenters. The van der Waals surface area contributed by atoms with Crippen LogP contribution >= 0.6 is 24.0 Å². The number of nitrogens with one attached hydrogen (secondary N) is 2. The van der Waals surface area contributed by atoms with E-state index in [0.717, 1.165) is 37.5 Å². The van der Waals surface area contributed by atoms with Crippen molar-refractivity contribution in [3.05, 3.63) is 65.5 Å². The molecule has 3 rings (SSSR count). The SMILES string of the molecule is CCOc1ccc(CNC(=NC)NC2CCN(Cc3ccccc3)C(C)C2)cc1F.I. The third-order valence-corrected chi connectivity index (χ3v) is 5.56. The van der Waals surface area contributed by atoms with E-state index < -0.39 is 0 Å². The topological polar surface area (TPSA) is 48.9 Å². The molecule has 0 radical (unpaired) electrons. The summed E-state index contributed by atoms with van der Waals surface area (Å²) >= 11 is 0. The number of rotatable bonds is 7. The molecular weight excluding hydrogens is 506 g/mol. The van der Waals surface area contributed by atoms with E-state index in [4.69, 9.17) is 4.74 Å². The fourth-order valence-electron chi connectivity index (χ4n) is 3.91. The van der Waals surface area contributed by atoms with Crippen LogP contribution in [0.15, 0.2) is 53.5 Å². The molecule has 2 aromatic rings. The first-order valence-electron chi connectivity index (χ1n) is 10.8. The number of hydrogen-bond acceptors (Lipinski definition) is 3. The van der Waals surface area contributed by atoms with Crippen molar-refractivity contribution < 1.29 is 9.13 Å². The van der Waals surface area contributed by atoms with Gasteiger partial charge in [-0.3, -0.25) is 9.89 Å². The van der Waals surface area contributed by atoms with Crippen molar-refractivity contribution in [2.24, 2.45) is 4.99 Å². The molecule has 1 saturated heterocycles. The molecule has 0 amide bonds. The quantitative estimate of drug-likeness (QED) is 0.307. The number of aliphatic imine (C=N–C) groups is 1. The fourth-order valence-corrected chi connectivity index (χ4v) is 3.91. The molecular formula is C24H34FIN4O. The molecule has 31 heavy (non-hydrogen) atoms. The maximum absolute atomic E-state index is 14.0. The highest BCUT2D eigenvalue weighted by atomic mass is 127. The van der Waals surface area contributed by atoms with Gasteiger partial charge >= 0.3 is 0 Å². The molecule has 2 N–H and O–H groups in total. The lowest BCUT2D eigenvalue weighted by Crippen LogP contribution is -2.51. The van der Waals surface area contributed by atoms with Crippen LogP contribution in [0.3, 0.4) is 0 Å². The first-order chi connectivity index (χ1) is 14.6. The van der Waals surface area contributed by atoms with Crippen LogP contribution in [0.4, 0.5) is 4.39 Å². The Kier molecular flexibility index (Phi) is 10.5. The lowest BCUT2D eigenvalue weighted by molar-refractivity contribution is 0.134. The Morgan fingerprint density at radius 3 is 2.61 bits per heavy atom. The lowest BCUT2D eigenvalue weighted by Gasteiger charge is -2.38. The van der Waals surface area contributed by atoms with Gasteiger partial charge in [-0.2, -0.15) is 0 Å². The van der Waals surface area contributed by atoms with Crippen molar-refractivity contribution in [2.75, 3.05) is 20.2 Å². The van der Waals surface area contributed by atoms with E-state index in [0.29, 0.717) is 31.0 Å². The van der Waals surface area contributed by atoms with Gasteiger partial charge in [0.1, 0.15) is 0 Å². The fraction of sp³-hybridized carbons (Fsp3) is 0.458. The van der Waals surface area contributed by atoms with Crippen LogP contribution < -0.4 is 15.4 Å². The van der Waals surface area contributed by atoms with Crippen LogP contribution in [-0.2, 0) is 13.1 Å². The molecule has 1 fully saturated rings. The molecule has 2 aromatic carbocycles. The number of hydrogen-bond donors (Lipinski definition) is 2. The number of guanidine groups is 1. The molecule has 170 valence electrons. The van der Waals surface area contributed by atoms with Crippen molar-refractivity contribution in [2.45, 2.75) is 51.9 Å². The Hall–Kier alpha value is -1.87. The monoisotopic (exact) mass is 540 g/mol. The maximum atomic E-state index is 14.0. The zero-order valence-corrected chi connectivity index (χ0v) is 20.9. The summed E-state index contributed by atoms with van der Waals surface area (Å²) in [6.45, 7) is 7.13. The summed E-state index contributed by atoms with van der Waals surface area (Å²) in [7, 11) is 1.77. The average Bonchev–Trinajstić information content (AvgIpc) is 2.75. The molecule has 0 spiro atoms. The minimum atomic E-state index is -0.335.